The first-order valence-corrected chi connectivity index (χ1v) is 8.81. The predicted octanol–water partition coefficient (Wildman–Crippen LogP) is 5.84. The molecule has 0 aliphatic rings. The van der Waals surface area contributed by atoms with E-state index in [2.05, 4.69) is 13.8 Å². The molecule has 0 unspecified atom stereocenters. The number of unbranched alkanes of at least 4 members (excludes halogenated alkanes) is 11. The first-order chi connectivity index (χ1) is 9.81. The van der Waals surface area contributed by atoms with Gasteiger partial charge in [-0.1, -0.05) is 84.5 Å². The lowest BCUT2D eigenvalue weighted by Gasteiger charge is -2.04. The van der Waals surface area contributed by atoms with Gasteiger partial charge in [-0.2, -0.15) is 0 Å². The molecule has 119 valence electrons. The fourth-order valence-electron chi connectivity index (χ4n) is 2.25. The summed E-state index contributed by atoms with van der Waals surface area (Å²) in [5.41, 5.74) is 0. The fraction of sp³-hybridized carbons (Fsp3) is 0.889. The van der Waals surface area contributed by atoms with Gasteiger partial charge in [-0.25, -0.2) is 0 Å². The van der Waals surface area contributed by atoms with Crippen molar-refractivity contribution in [3.05, 3.63) is 6.42 Å². The maximum absolute atomic E-state index is 11.3. The van der Waals surface area contributed by atoms with E-state index in [4.69, 9.17) is 4.74 Å². The Morgan fingerprint density at radius 2 is 1.25 bits per heavy atom. The molecule has 0 aliphatic carbocycles. The van der Waals surface area contributed by atoms with E-state index in [1.54, 1.807) is 6.42 Å². The van der Waals surface area contributed by atoms with Crippen LogP contribution in [0, 0.1) is 6.42 Å². The van der Waals surface area contributed by atoms with E-state index in [-0.39, 0.29) is 5.97 Å². The van der Waals surface area contributed by atoms with E-state index < -0.39 is 0 Å². The smallest absolute Gasteiger partial charge is 0.309 e. The molecule has 0 saturated carbocycles. The highest BCUT2D eigenvalue weighted by Crippen LogP contribution is 2.10. The van der Waals surface area contributed by atoms with E-state index in [0.717, 1.165) is 25.7 Å². The van der Waals surface area contributed by atoms with Crippen molar-refractivity contribution in [1.82, 2.24) is 0 Å². The standard InChI is InChI=1S/C18H35O2/c1-3-5-7-8-9-10-11-12-13-15-17-20-18(19)16-14-6-4-2/h16H,3-15,17H2,1-2H3. The molecule has 0 aromatic rings. The molecule has 0 N–H and O–H groups in total. The van der Waals surface area contributed by atoms with Crippen LogP contribution in [0.1, 0.15) is 97.3 Å². The Bertz CT molecular complexity index is 202. The highest BCUT2D eigenvalue weighted by Gasteiger charge is 2.02. The maximum Gasteiger partial charge on any atom is 0.309 e. The van der Waals surface area contributed by atoms with Crippen LogP contribution in [0.25, 0.3) is 0 Å². The average molecular weight is 283 g/mol. The Morgan fingerprint density at radius 3 is 1.80 bits per heavy atom. The number of carbonyl (C=O) groups excluding carboxylic acids is 1. The lowest BCUT2D eigenvalue weighted by Crippen LogP contribution is -2.06. The van der Waals surface area contributed by atoms with Crippen LogP contribution in [0.5, 0.6) is 0 Å². The molecule has 2 nitrogen and oxygen atoms in total. The summed E-state index contributed by atoms with van der Waals surface area (Å²) in [6.45, 7) is 4.98. The van der Waals surface area contributed by atoms with Gasteiger partial charge >= 0.3 is 5.97 Å². The molecule has 1 radical (unpaired) electrons. The third-order valence-corrected chi connectivity index (χ3v) is 3.61. The van der Waals surface area contributed by atoms with Crippen molar-refractivity contribution in [2.24, 2.45) is 0 Å². The SMILES string of the molecule is CCCC[CH]C(=O)OCCCCCCCCCCCC. The minimum atomic E-state index is -0.130. The van der Waals surface area contributed by atoms with Crippen molar-refractivity contribution in [3.8, 4) is 0 Å². The predicted molar refractivity (Wildman–Crippen MR) is 86.6 cm³/mol. The number of hydrogen-bond acceptors (Lipinski definition) is 2. The van der Waals surface area contributed by atoms with Crippen LogP contribution in [-0.2, 0) is 9.53 Å². The van der Waals surface area contributed by atoms with Gasteiger partial charge in [0.05, 0.1) is 13.0 Å². The Morgan fingerprint density at radius 1 is 0.750 bits per heavy atom. The Labute approximate surface area is 126 Å². The van der Waals surface area contributed by atoms with Gasteiger partial charge in [0.2, 0.25) is 0 Å². The van der Waals surface area contributed by atoms with Crippen molar-refractivity contribution in [3.63, 3.8) is 0 Å². The molecular formula is C18H35O2. The summed E-state index contributed by atoms with van der Waals surface area (Å²) in [4.78, 5) is 11.3. The lowest BCUT2D eigenvalue weighted by atomic mass is 10.1. The highest BCUT2D eigenvalue weighted by atomic mass is 16.5. The zero-order valence-corrected chi connectivity index (χ0v) is 13.8. The number of esters is 1. The molecule has 0 heterocycles. The molecule has 20 heavy (non-hydrogen) atoms. The second kappa shape index (κ2) is 16.5. The molecule has 0 fully saturated rings. The summed E-state index contributed by atoms with van der Waals surface area (Å²) in [5, 5.41) is 0. The Balaban J connectivity index is 3.07. The summed E-state index contributed by atoms with van der Waals surface area (Å²) in [6.07, 6.45) is 17.8. The highest BCUT2D eigenvalue weighted by molar-refractivity contribution is 5.78. The largest absolute Gasteiger partial charge is 0.465 e. The van der Waals surface area contributed by atoms with Crippen LogP contribution < -0.4 is 0 Å². The van der Waals surface area contributed by atoms with Crippen LogP contribution in [0.15, 0.2) is 0 Å². The van der Waals surface area contributed by atoms with Gasteiger partial charge in [-0.3, -0.25) is 4.79 Å². The molecule has 0 aromatic carbocycles. The number of rotatable bonds is 15. The third-order valence-electron chi connectivity index (χ3n) is 3.61. The summed E-state index contributed by atoms with van der Waals surface area (Å²) >= 11 is 0. The topological polar surface area (TPSA) is 26.3 Å². The van der Waals surface area contributed by atoms with Gasteiger partial charge in [-0.15, -0.1) is 0 Å². The van der Waals surface area contributed by atoms with Crippen LogP contribution in [0.3, 0.4) is 0 Å². The number of carbonyl (C=O) groups is 1. The van der Waals surface area contributed by atoms with Crippen molar-refractivity contribution < 1.29 is 9.53 Å². The zero-order valence-electron chi connectivity index (χ0n) is 13.8. The van der Waals surface area contributed by atoms with E-state index in [0.29, 0.717) is 6.61 Å². The maximum atomic E-state index is 11.3. The second-order valence-electron chi connectivity index (χ2n) is 5.70. The second-order valence-corrected chi connectivity index (χ2v) is 5.70. The molecular weight excluding hydrogens is 248 g/mol. The summed E-state index contributed by atoms with van der Waals surface area (Å²) in [5.74, 6) is -0.130. The summed E-state index contributed by atoms with van der Waals surface area (Å²) in [7, 11) is 0. The van der Waals surface area contributed by atoms with Gasteiger partial charge < -0.3 is 4.74 Å². The third kappa shape index (κ3) is 15.5. The van der Waals surface area contributed by atoms with Crippen molar-refractivity contribution in [1.29, 1.82) is 0 Å². The molecule has 0 bridgehead atoms. The first-order valence-electron chi connectivity index (χ1n) is 8.81. The number of ether oxygens (including phenoxy) is 1. The zero-order chi connectivity index (χ0) is 14.9. The van der Waals surface area contributed by atoms with Gasteiger partial charge in [0.1, 0.15) is 0 Å². The van der Waals surface area contributed by atoms with Gasteiger partial charge in [0, 0.05) is 0 Å². The summed E-state index contributed by atoms with van der Waals surface area (Å²) < 4.78 is 5.17. The van der Waals surface area contributed by atoms with Crippen LogP contribution in [0.4, 0.5) is 0 Å². The first kappa shape index (κ1) is 19.5. The van der Waals surface area contributed by atoms with Crippen molar-refractivity contribution in [2.45, 2.75) is 97.3 Å². The minimum absolute atomic E-state index is 0.130. The van der Waals surface area contributed by atoms with E-state index in [9.17, 15) is 4.79 Å². The van der Waals surface area contributed by atoms with Crippen molar-refractivity contribution in [2.75, 3.05) is 6.61 Å². The van der Waals surface area contributed by atoms with Crippen LogP contribution >= 0.6 is 0 Å². The average Bonchev–Trinajstić information content (AvgIpc) is 2.45. The van der Waals surface area contributed by atoms with E-state index in [1.165, 1.54) is 57.8 Å². The van der Waals surface area contributed by atoms with E-state index in [1.807, 2.05) is 0 Å². The molecule has 0 aromatic heterocycles. The molecule has 0 saturated heterocycles. The molecule has 0 spiro atoms. The van der Waals surface area contributed by atoms with Gasteiger partial charge in [0.25, 0.3) is 0 Å². The van der Waals surface area contributed by atoms with Crippen LogP contribution in [-0.4, -0.2) is 12.6 Å². The van der Waals surface area contributed by atoms with Gasteiger partial charge in [-0.05, 0) is 12.8 Å². The Kier molecular flexibility index (Phi) is 16.1. The van der Waals surface area contributed by atoms with E-state index >= 15 is 0 Å². The quantitative estimate of drug-likeness (QED) is 0.278. The monoisotopic (exact) mass is 283 g/mol. The molecule has 2 heteroatoms. The Hall–Kier alpha value is -0.530. The number of hydrogen-bond donors (Lipinski definition) is 0. The van der Waals surface area contributed by atoms with Crippen LogP contribution in [0.2, 0.25) is 0 Å². The molecule has 0 aliphatic heterocycles. The fourth-order valence-corrected chi connectivity index (χ4v) is 2.25. The molecule has 0 atom stereocenters. The van der Waals surface area contributed by atoms with Crippen molar-refractivity contribution >= 4 is 5.97 Å². The normalized spacial score (nSPS) is 10.7. The minimum Gasteiger partial charge on any atom is -0.465 e. The summed E-state index contributed by atoms with van der Waals surface area (Å²) in [6, 6.07) is 0. The lowest BCUT2D eigenvalue weighted by molar-refractivity contribution is -0.139. The molecule has 0 amide bonds. The van der Waals surface area contributed by atoms with Gasteiger partial charge in [0.15, 0.2) is 0 Å². The molecule has 0 rings (SSSR count).